The summed E-state index contributed by atoms with van der Waals surface area (Å²) in [6.07, 6.45) is 5.02. The molecule has 170 valence electrons. The van der Waals surface area contributed by atoms with E-state index in [1.807, 2.05) is 66.4 Å². The number of benzene rings is 3. The molecule has 0 spiro atoms. The summed E-state index contributed by atoms with van der Waals surface area (Å²) in [6.45, 7) is 2.83. The van der Waals surface area contributed by atoms with Gasteiger partial charge in [0.1, 0.15) is 0 Å². The summed E-state index contributed by atoms with van der Waals surface area (Å²) >= 11 is 0. The first kappa shape index (κ1) is 21.9. The second-order valence-corrected chi connectivity index (χ2v) is 10.8. The largest absolute Gasteiger partial charge is 0.308 e. The van der Waals surface area contributed by atoms with Gasteiger partial charge in [-0.05, 0) is 91.6 Å². The second-order valence-electron chi connectivity index (χ2n) is 9.00. The maximum Gasteiger partial charge on any atom is 0.258 e. The third-order valence-electron chi connectivity index (χ3n) is 6.65. The van der Waals surface area contributed by atoms with Crippen LogP contribution >= 0.6 is 0 Å². The molecule has 1 N–H and O–H groups in total. The number of carbonyl (C=O) groups is 1. The van der Waals surface area contributed by atoms with Gasteiger partial charge in [0.05, 0.1) is 4.90 Å². The van der Waals surface area contributed by atoms with Gasteiger partial charge < -0.3 is 4.90 Å². The minimum Gasteiger partial charge on any atom is -0.308 e. The fourth-order valence-corrected chi connectivity index (χ4v) is 5.92. The van der Waals surface area contributed by atoms with Crippen molar-refractivity contribution >= 4 is 21.6 Å². The van der Waals surface area contributed by atoms with Crippen LogP contribution in [0.3, 0.4) is 0 Å². The van der Waals surface area contributed by atoms with Crippen molar-refractivity contribution < 1.29 is 13.2 Å². The van der Waals surface area contributed by atoms with Crippen LogP contribution < -0.4 is 9.62 Å². The molecule has 33 heavy (non-hydrogen) atoms. The zero-order chi connectivity index (χ0) is 23.0. The summed E-state index contributed by atoms with van der Waals surface area (Å²) in [6, 6.07) is 19.0. The van der Waals surface area contributed by atoms with Gasteiger partial charge in [0, 0.05) is 24.3 Å². The number of hydrogen-bond donors (Lipinski definition) is 1. The number of nitrogens with zero attached hydrogens (tertiary/aromatic N) is 1. The molecule has 5 nitrogen and oxygen atoms in total. The molecule has 0 fully saturated rings. The average molecular weight is 461 g/mol. The molecule has 1 heterocycles. The molecule has 0 saturated carbocycles. The van der Waals surface area contributed by atoms with E-state index in [9.17, 15) is 13.2 Å². The third kappa shape index (κ3) is 4.45. The normalized spacial score (nSPS) is 15.2. The van der Waals surface area contributed by atoms with Gasteiger partial charge in [0.25, 0.3) is 5.91 Å². The number of sulfonamides is 1. The van der Waals surface area contributed by atoms with E-state index in [0.717, 1.165) is 53.6 Å². The number of anilines is 1. The monoisotopic (exact) mass is 460 g/mol. The Kier molecular flexibility index (Phi) is 5.81. The molecule has 1 aliphatic carbocycles. The van der Waals surface area contributed by atoms with Gasteiger partial charge in [-0.1, -0.05) is 35.9 Å². The highest BCUT2D eigenvalue weighted by Crippen LogP contribution is 2.30. The van der Waals surface area contributed by atoms with Crippen molar-refractivity contribution in [2.24, 2.45) is 0 Å². The molecule has 2 aliphatic rings. The highest BCUT2D eigenvalue weighted by Gasteiger charge is 2.26. The van der Waals surface area contributed by atoms with Crippen LogP contribution in [0.1, 0.15) is 51.0 Å². The molecule has 6 heteroatoms. The Labute approximate surface area is 195 Å². The number of rotatable bonds is 5. The van der Waals surface area contributed by atoms with Gasteiger partial charge in [-0.3, -0.25) is 4.79 Å². The highest BCUT2D eigenvalue weighted by atomic mass is 32.2. The quantitative estimate of drug-likeness (QED) is 0.607. The van der Waals surface area contributed by atoms with E-state index in [1.54, 1.807) is 6.07 Å². The zero-order valence-electron chi connectivity index (χ0n) is 18.8. The van der Waals surface area contributed by atoms with Crippen molar-refractivity contribution in [1.29, 1.82) is 0 Å². The van der Waals surface area contributed by atoms with E-state index in [-0.39, 0.29) is 12.5 Å². The van der Waals surface area contributed by atoms with E-state index >= 15 is 0 Å². The molecule has 1 aliphatic heterocycles. The van der Waals surface area contributed by atoms with Gasteiger partial charge in [0.2, 0.25) is 10.0 Å². The number of nitrogens with one attached hydrogen (secondary N) is 1. The molecule has 0 unspecified atom stereocenters. The lowest BCUT2D eigenvalue weighted by atomic mass is 9.92. The van der Waals surface area contributed by atoms with E-state index < -0.39 is 10.0 Å². The smallest absolute Gasteiger partial charge is 0.258 e. The topological polar surface area (TPSA) is 66.5 Å². The van der Waals surface area contributed by atoms with Gasteiger partial charge >= 0.3 is 0 Å². The van der Waals surface area contributed by atoms with Crippen LogP contribution in [0.5, 0.6) is 0 Å². The van der Waals surface area contributed by atoms with E-state index in [1.165, 1.54) is 12.0 Å². The van der Waals surface area contributed by atoms with Crippen LogP contribution in [0.2, 0.25) is 0 Å². The minimum absolute atomic E-state index is 0.00156. The molecule has 0 aromatic heterocycles. The van der Waals surface area contributed by atoms with Crippen LogP contribution in [0.4, 0.5) is 5.69 Å². The zero-order valence-corrected chi connectivity index (χ0v) is 19.6. The van der Waals surface area contributed by atoms with Crippen molar-refractivity contribution in [3.05, 3.63) is 94.0 Å². The fraction of sp³-hybridized carbons (Fsp3) is 0.296. The maximum absolute atomic E-state index is 13.0. The molecule has 0 bridgehead atoms. The standard InChI is InChI=1S/C27H28N2O3S/c1-19-5-4-8-24(15-19)27(30)29-14-13-23-16-20(9-12-26(23)29)18-28-33(31,32)25-11-10-21-6-2-3-7-22(21)17-25/h4-5,8-12,15-17,28H,2-3,6-7,13-14,18H2,1H3. The number of fused-ring (bicyclic) bond motifs is 2. The summed E-state index contributed by atoms with van der Waals surface area (Å²) in [4.78, 5) is 15.1. The van der Waals surface area contributed by atoms with Crippen LogP contribution in [0.25, 0.3) is 0 Å². The average Bonchev–Trinajstić information content (AvgIpc) is 3.25. The van der Waals surface area contributed by atoms with E-state index in [0.29, 0.717) is 17.0 Å². The van der Waals surface area contributed by atoms with Crippen LogP contribution in [-0.2, 0) is 35.8 Å². The molecular formula is C27H28N2O3S. The SMILES string of the molecule is Cc1cccc(C(=O)N2CCc3cc(CNS(=O)(=O)c4ccc5c(c4)CCCC5)ccc32)c1. The molecule has 5 rings (SSSR count). The van der Waals surface area contributed by atoms with Gasteiger partial charge in [-0.2, -0.15) is 0 Å². The summed E-state index contributed by atoms with van der Waals surface area (Å²) in [5.74, 6) is -0.00156. The van der Waals surface area contributed by atoms with E-state index in [2.05, 4.69) is 4.72 Å². The summed E-state index contributed by atoms with van der Waals surface area (Å²) in [7, 11) is -3.58. The predicted molar refractivity (Wildman–Crippen MR) is 130 cm³/mol. The Balaban J connectivity index is 1.30. The van der Waals surface area contributed by atoms with Gasteiger partial charge in [-0.15, -0.1) is 0 Å². The first-order chi connectivity index (χ1) is 15.9. The van der Waals surface area contributed by atoms with Gasteiger partial charge in [0.15, 0.2) is 0 Å². The lowest BCUT2D eigenvalue weighted by molar-refractivity contribution is 0.0989. The van der Waals surface area contributed by atoms with Crippen molar-refractivity contribution in [3.63, 3.8) is 0 Å². The molecule has 3 aromatic carbocycles. The maximum atomic E-state index is 13.0. The molecule has 0 saturated heterocycles. The number of hydrogen-bond acceptors (Lipinski definition) is 3. The van der Waals surface area contributed by atoms with Crippen molar-refractivity contribution in [3.8, 4) is 0 Å². The lowest BCUT2D eigenvalue weighted by Crippen LogP contribution is -2.28. The Morgan fingerprint density at radius 1 is 0.909 bits per heavy atom. The van der Waals surface area contributed by atoms with Crippen LogP contribution in [0.15, 0.2) is 65.6 Å². The fourth-order valence-electron chi connectivity index (χ4n) is 4.85. The summed E-state index contributed by atoms with van der Waals surface area (Å²) in [5, 5.41) is 0. The van der Waals surface area contributed by atoms with Crippen molar-refractivity contribution in [2.45, 2.75) is 50.5 Å². The Bertz CT molecular complexity index is 1330. The molecule has 0 radical (unpaired) electrons. The summed E-state index contributed by atoms with van der Waals surface area (Å²) in [5.41, 5.74) is 7.03. The number of carbonyl (C=O) groups excluding carboxylic acids is 1. The molecule has 1 amide bonds. The van der Waals surface area contributed by atoms with Gasteiger partial charge in [-0.25, -0.2) is 13.1 Å². The first-order valence-corrected chi connectivity index (χ1v) is 13.0. The molecular weight excluding hydrogens is 432 g/mol. The molecule has 3 aromatic rings. The second kappa shape index (κ2) is 8.76. The minimum atomic E-state index is -3.58. The number of aryl methyl sites for hydroxylation is 3. The van der Waals surface area contributed by atoms with Crippen molar-refractivity contribution in [2.75, 3.05) is 11.4 Å². The Morgan fingerprint density at radius 3 is 2.55 bits per heavy atom. The Morgan fingerprint density at radius 2 is 1.73 bits per heavy atom. The predicted octanol–water partition coefficient (Wildman–Crippen LogP) is 4.56. The highest BCUT2D eigenvalue weighted by molar-refractivity contribution is 7.89. The lowest BCUT2D eigenvalue weighted by Gasteiger charge is -2.18. The third-order valence-corrected chi connectivity index (χ3v) is 8.05. The van der Waals surface area contributed by atoms with E-state index in [4.69, 9.17) is 0 Å². The molecule has 0 atom stereocenters. The van der Waals surface area contributed by atoms with Crippen molar-refractivity contribution in [1.82, 2.24) is 4.72 Å². The first-order valence-electron chi connectivity index (χ1n) is 11.5. The Hall–Kier alpha value is -2.96. The summed E-state index contributed by atoms with van der Waals surface area (Å²) < 4.78 is 28.5. The van der Waals surface area contributed by atoms with Crippen LogP contribution in [0, 0.1) is 6.92 Å². The van der Waals surface area contributed by atoms with Crippen LogP contribution in [-0.4, -0.2) is 20.9 Å². The number of amides is 1.